The Bertz CT molecular complexity index is 594. The van der Waals surface area contributed by atoms with Gasteiger partial charge in [-0.05, 0) is 40.8 Å². The lowest BCUT2D eigenvalue weighted by Crippen LogP contribution is -2.34. The molecule has 0 bridgehead atoms. The lowest BCUT2D eigenvalue weighted by atomic mass is 9.92. The van der Waals surface area contributed by atoms with Crippen molar-refractivity contribution in [3.05, 3.63) is 27.3 Å². The molecular formula is C13H12INO4. The molecule has 0 spiro atoms. The Morgan fingerprint density at radius 2 is 2.00 bits per heavy atom. The van der Waals surface area contributed by atoms with Gasteiger partial charge >= 0.3 is 5.97 Å². The summed E-state index contributed by atoms with van der Waals surface area (Å²) in [7, 11) is 0. The van der Waals surface area contributed by atoms with Gasteiger partial charge in [0.15, 0.2) is 0 Å². The summed E-state index contributed by atoms with van der Waals surface area (Å²) in [5.74, 6) is -1.88. The van der Waals surface area contributed by atoms with Gasteiger partial charge in [0.1, 0.15) is 0 Å². The monoisotopic (exact) mass is 373 g/mol. The van der Waals surface area contributed by atoms with Gasteiger partial charge in [-0.1, -0.05) is 13.8 Å². The van der Waals surface area contributed by atoms with Crippen LogP contribution in [0.15, 0.2) is 18.2 Å². The number of hydrogen-bond donors (Lipinski definition) is 1. The largest absolute Gasteiger partial charge is 0.478 e. The van der Waals surface area contributed by atoms with Crippen molar-refractivity contribution in [1.82, 2.24) is 0 Å². The minimum Gasteiger partial charge on any atom is -0.478 e. The maximum absolute atomic E-state index is 12.2. The topological polar surface area (TPSA) is 74.7 Å². The van der Waals surface area contributed by atoms with E-state index in [2.05, 4.69) is 0 Å². The van der Waals surface area contributed by atoms with Crippen LogP contribution in [-0.2, 0) is 9.59 Å². The number of halogens is 1. The van der Waals surface area contributed by atoms with Crippen LogP contribution in [0, 0.1) is 8.99 Å². The number of carboxylic acids is 1. The van der Waals surface area contributed by atoms with Crippen molar-refractivity contribution in [3.63, 3.8) is 0 Å². The van der Waals surface area contributed by atoms with Crippen LogP contribution in [0.1, 0.15) is 30.6 Å². The van der Waals surface area contributed by atoms with Gasteiger partial charge < -0.3 is 5.11 Å². The third-order valence-corrected chi connectivity index (χ3v) is 3.73. The highest BCUT2D eigenvalue weighted by atomic mass is 127. The average molecular weight is 373 g/mol. The number of amides is 2. The molecule has 2 rings (SSSR count). The van der Waals surface area contributed by atoms with E-state index in [-0.39, 0.29) is 29.5 Å². The van der Waals surface area contributed by atoms with Crippen molar-refractivity contribution in [1.29, 1.82) is 0 Å². The second-order valence-corrected chi connectivity index (χ2v) is 6.31. The number of rotatable bonds is 2. The van der Waals surface area contributed by atoms with E-state index in [1.165, 1.54) is 12.1 Å². The summed E-state index contributed by atoms with van der Waals surface area (Å²) in [6.45, 7) is 3.36. The first kappa shape index (κ1) is 14.0. The number of carbonyl (C=O) groups excluding carboxylic acids is 2. The van der Waals surface area contributed by atoms with Crippen molar-refractivity contribution >= 4 is 46.1 Å². The molecule has 0 atom stereocenters. The Balaban J connectivity index is 2.57. The molecule has 6 heteroatoms. The van der Waals surface area contributed by atoms with Gasteiger partial charge in [-0.3, -0.25) is 9.59 Å². The zero-order valence-corrected chi connectivity index (χ0v) is 12.6. The molecule has 1 heterocycles. The van der Waals surface area contributed by atoms with Crippen LogP contribution in [0.2, 0.25) is 0 Å². The minimum atomic E-state index is -1.15. The lowest BCUT2D eigenvalue weighted by Gasteiger charge is -2.19. The van der Waals surface area contributed by atoms with Gasteiger partial charge in [0, 0.05) is 9.99 Å². The molecule has 0 saturated carbocycles. The molecule has 19 heavy (non-hydrogen) atoms. The van der Waals surface area contributed by atoms with E-state index >= 15 is 0 Å². The quantitative estimate of drug-likeness (QED) is 0.638. The van der Waals surface area contributed by atoms with Crippen LogP contribution in [0.3, 0.4) is 0 Å². The van der Waals surface area contributed by atoms with Crippen molar-refractivity contribution in [2.45, 2.75) is 20.3 Å². The Hall–Kier alpha value is -1.44. The second-order valence-electron chi connectivity index (χ2n) is 5.06. The summed E-state index contributed by atoms with van der Waals surface area (Å²) in [4.78, 5) is 36.4. The summed E-state index contributed by atoms with van der Waals surface area (Å²) in [6, 6.07) is 4.63. The number of hydrogen-bond acceptors (Lipinski definition) is 3. The third-order valence-electron chi connectivity index (χ3n) is 3.05. The highest BCUT2D eigenvalue weighted by Gasteiger charge is 2.46. The van der Waals surface area contributed by atoms with Gasteiger partial charge in [-0.25, -0.2) is 9.69 Å². The predicted molar refractivity (Wildman–Crippen MR) is 77.0 cm³/mol. The number of carboxylic acid groups (broad SMARTS) is 1. The van der Waals surface area contributed by atoms with Gasteiger partial charge in [0.05, 0.1) is 16.7 Å². The van der Waals surface area contributed by atoms with E-state index < -0.39 is 11.4 Å². The first-order valence-electron chi connectivity index (χ1n) is 5.64. The SMILES string of the molecule is CC1(C)CC(=O)N(c2ccc(I)cc2C(=O)O)C1=O. The highest BCUT2D eigenvalue weighted by Crippen LogP contribution is 2.36. The number of carbonyl (C=O) groups is 3. The number of benzene rings is 1. The molecule has 1 aliphatic heterocycles. The van der Waals surface area contributed by atoms with E-state index in [0.29, 0.717) is 0 Å². The first-order valence-corrected chi connectivity index (χ1v) is 6.72. The number of nitrogens with zero attached hydrogens (tertiary/aromatic N) is 1. The maximum Gasteiger partial charge on any atom is 0.337 e. The molecule has 1 saturated heterocycles. The van der Waals surface area contributed by atoms with Gasteiger partial charge in [0.25, 0.3) is 0 Å². The Labute approximate surface area is 123 Å². The number of imide groups is 1. The molecule has 1 fully saturated rings. The minimum absolute atomic E-state index is 0.0358. The van der Waals surface area contributed by atoms with E-state index in [0.717, 1.165) is 8.47 Å². The Kier molecular flexibility index (Phi) is 3.38. The standard InChI is InChI=1S/C13H12INO4/c1-13(2)6-10(16)15(12(13)19)9-4-3-7(14)5-8(9)11(17)18/h3-5H,6H2,1-2H3,(H,17,18). The fraction of sp³-hybridized carbons (Fsp3) is 0.308. The van der Waals surface area contributed by atoms with Crippen molar-refractivity contribution in [2.75, 3.05) is 4.90 Å². The molecule has 1 aliphatic rings. The smallest absolute Gasteiger partial charge is 0.337 e. The fourth-order valence-corrected chi connectivity index (χ4v) is 2.56. The summed E-state index contributed by atoms with van der Waals surface area (Å²) in [5, 5.41) is 9.20. The van der Waals surface area contributed by atoms with Crippen LogP contribution in [0.4, 0.5) is 5.69 Å². The van der Waals surface area contributed by atoms with E-state index in [1.807, 2.05) is 22.6 Å². The molecule has 100 valence electrons. The van der Waals surface area contributed by atoms with Crippen molar-refractivity contribution < 1.29 is 19.5 Å². The summed E-state index contributed by atoms with van der Waals surface area (Å²) in [5.41, 5.74) is -0.671. The average Bonchev–Trinajstić information content (AvgIpc) is 2.49. The Morgan fingerprint density at radius 1 is 1.37 bits per heavy atom. The lowest BCUT2D eigenvalue weighted by molar-refractivity contribution is -0.124. The third kappa shape index (κ3) is 2.36. The molecule has 2 amide bonds. The van der Waals surface area contributed by atoms with Crippen LogP contribution in [0.5, 0.6) is 0 Å². The van der Waals surface area contributed by atoms with E-state index in [1.54, 1.807) is 19.9 Å². The zero-order chi connectivity index (χ0) is 14.4. The summed E-state index contributed by atoms with van der Waals surface area (Å²) < 4.78 is 0.733. The molecule has 0 aromatic heterocycles. The van der Waals surface area contributed by atoms with Crippen LogP contribution >= 0.6 is 22.6 Å². The van der Waals surface area contributed by atoms with Gasteiger partial charge in [-0.15, -0.1) is 0 Å². The molecular weight excluding hydrogens is 361 g/mol. The van der Waals surface area contributed by atoms with Crippen LogP contribution < -0.4 is 4.90 Å². The summed E-state index contributed by atoms with van der Waals surface area (Å²) >= 11 is 1.98. The molecule has 1 aromatic carbocycles. The van der Waals surface area contributed by atoms with Gasteiger partial charge in [0.2, 0.25) is 11.8 Å². The second kappa shape index (κ2) is 4.59. The number of anilines is 1. The molecule has 1 N–H and O–H groups in total. The fourth-order valence-electron chi connectivity index (χ4n) is 2.07. The number of aromatic carboxylic acids is 1. The molecule has 5 nitrogen and oxygen atoms in total. The molecule has 0 radical (unpaired) electrons. The van der Waals surface area contributed by atoms with Gasteiger partial charge in [-0.2, -0.15) is 0 Å². The van der Waals surface area contributed by atoms with Crippen LogP contribution in [0.25, 0.3) is 0 Å². The predicted octanol–water partition coefficient (Wildman–Crippen LogP) is 2.28. The highest BCUT2D eigenvalue weighted by molar-refractivity contribution is 14.1. The van der Waals surface area contributed by atoms with E-state index in [4.69, 9.17) is 0 Å². The molecule has 0 unspecified atom stereocenters. The molecule has 1 aromatic rings. The normalized spacial score (nSPS) is 17.9. The maximum atomic E-state index is 12.2. The summed E-state index contributed by atoms with van der Waals surface area (Å²) in [6.07, 6.45) is 0.0941. The van der Waals surface area contributed by atoms with Crippen molar-refractivity contribution in [2.24, 2.45) is 5.41 Å². The molecule has 0 aliphatic carbocycles. The van der Waals surface area contributed by atoms with E-state index in [9.17, 15) is 19.5 Å². The van der Waals surface area contributed by atoms with Crippen LogP contribution in [-0.4, -0.2) is 22.9 Å². The Morgan fingerprint density at radius 3 is 2.47 bits per heavy atom. The van der Waals surface area contributed by atoms with Crippen molar-refractivity contribution in [3.8, 4) is 0 Å². The first-order chi connectivity index (χ1) is 8.74. The zero-order valence-electron chi connectivity index (χ0n) is 10.4.